The summed E-state index contributed by atoms with van der Waals surface area (Å²) in [7, 11) is 0. The molecule has 7 nitrogen and oxygen atoms in total. The number of rotatable bonds is 6. The molecule has 1 amide bonds. The van der Waals surface area contributed by atoms with Crippen molar-refractivity contribution in [3.05, 3.63) is 0 Å². The molecule has 0 aromatic heterocycles. The van der Waals surface area contributed by atoms with Crippen molar-refractivity contribution in [2.24, 2.45) is 5.73 Å². The van der Waals surface area contributed by atoms with Gasteiger partial charge in [-0.3, -0.25) is 9.59 Å². The highest BCUT2D eigenvalue weighted by Crippen LogP contribution is 2.25. The van der Waals surface area contributed by atoms with Gasteiger partial charge in [0.2, 0.25) is 5.91 Å². The molecule has 114 valence electrons. The zero-order valence-electron chi connectivity index (χ0n) is 11.6. The van der Waals surface area contributed by atoms with Gasteiger partial charge in [0.25, 0.3) is 0 Å². The van der Waals surface area contributed by atoms with E-state index in [1.54, 1.807) is 0 Å². The number of carboxylic acid groups (broad SMARTS) is 2. The number of hydrogen-bond donors (Lipinski definition) is 3. The molecule has 0 radical (unpaired) electrons. The zero-order chi connectivity index (χ0) is 15.3. The summed E-state index contributed by atoms with van der Waals surface area (Å²) in [5, 5.41) is 17.9. The predicted molar refractivity (Wildman–Crippen MR) is 71.0 cm³/mol. The zero-order valence-corrected chi connectivity index (χ0v) is 11.6. The molecule has 1 aliphatic carbocycles. The summed E-state index contributed by atoms with van der Waals surface area (Å²) in [6.45, 7) is 1.43. The molecule has 0 spiro atoms. The van der Waals surface area contributed by atoms with Gasteiger partial charge in [-0.15, -0.1) is 0 Å². The standard InChI is InChI=1S/C13H22N2O5/c1-8(13(19)20)15(9-5-3-2-4-6-9)12(18)10(14)7-11(16)17/h8-10H,2-7,14H2,1H3,(H,16,17)(H,19,20). The van der Waals surface area contributed by atoms with Crippen LogP contribution in [0, 0.1) is 0 Å². The van der Waals surface area contributed by atoms with Gasteiger partial charge < -0.3 is 20.8 Å². The van der Waals surface area contributed by atoms with E-state index < -0.39 is 36.4 Å². The second-order valence-electron chi connectivity index (χ2n) is 5.26. The van der Waals surface area contributed by atoms with Crippen molar-refractivity contribution in [2.75, 3.05) is 0 Å². The SMILES string of the molecule is CC(C(=O)O)N(C(=O)C(N)CC(=O)O)C1CCCCC1. The van der Waals surface area contributed by atoms with Crippen molar-refractivity contribution in [1.82, 2.24) is 4.90 Å². The van der Waals surface area contributed by atoms with Gasteiger partial charge in [0, 0.05) is 6.04 Å². The average molecular weight is 286 g/mol. The molecule has 0 aromatic rings. The Hall–Kier alpha value is -1.63. The Labute approximate surface area is 117 Å². The quantitative estimate of drug-likeness (QED) is 0.650. The molecule has 0 saturated heterocycles. The van der Waals surface area contributed by atoms with Crippen LogP contribution in [0.1, 0.15) is 45.4 Å². The number of hydrogen-bond acceptors (Lipinski definition) is 4. The average Bonchev–Trinajstić information content (AvgIpc) is 2.39. The molecule has 0 aliphatic heterocycles. The third-order valence-corrected chi connectivity index (χ3v) is 3.71. The highest BCUT2D eigenvalue weighted by atomic mass is 16.4. The van der Waals surface area contributed by atoms with Gasteiger partial charge in [-0.1, -0.05) is 19.3 Å². The van der Waals surface area contributed by atoms with Crippen molar-refractivity contribution >= 4 is 17.8 Å². The first kappa shape index (κ1) is 16.4. The van der Waals surface area contributed by atoms with Crippen LogP contribution >= 0.6 is 0 Å². The van der Waals surface area contributed by atoms with Crippen molar-refractivity contribution in [3.8, 4) is 0 Å². The Kier molecular flexibility index (Phi) is 5.94. The highest BCUT2D eigenvalue weighted by molar-refractivity contribution is 5.89. The van der Waals surface area contributed by atoms with Crippen LogP contribution in [0.3, 0.4) is 0 Å². The number of carbonyl (C=O) groups excluding carboxylic acids is 1. The van der Waals surface area contributed by atoms with E-state index in [0.717, 1.165) is 32.1 Å². The second kappa shape index (κ2) is 7.23. The van der Waals surface area contributed by atoms with Gasteiger partial charge in [-0.25, -0.2) is 4.79 Å². The maximum absolute atomic E-state index is 12.3. The fraction of sp³-hybridized carbons (Fsp3) is 0.769. The van der Waals surface area contributed by atoms with Crippen LogP contribution in [0.5, 0.6) is 0 Å². The fourth-order valence-electron chi connectivity index (χ4n) is 2.63. The Balaban J connectivity index is 2.88. The summed E-state index contributed by atoms with van der Waals surface area (Å²) in [5.41, 5.74) is 5.60. The van der Waals surface area contributed by atoms with E-state index in [2.05, 4.69) is 0 Å². The largest absolute Gasteiger partial charge is 0.481 e. The number of carboxylic acids is 2. The second-order valence-corrected chi connectivity index (χ2v) is 5.26. The maximum atomic E-state index is 12.3. The topological polar surface area (TPSA) is 121 Å². The first-order valence-corrected chi connectivity index (χ1v) is 6.87. The molecule has 0 aromatic carbocycles. The molecule has 1 rings (SSSR count). The van der Waals surface area contributed by atoms with Gasteiger partial charge in [-0.2, -0.15) is 0 Å². The molecule has 7 heteroatoms. The van der Waals surface area contributed by atoms with Crippen LogP contribution < -0.4 is 5.73 Å². The van der Waals surface area contributed by atoms with Crippen LogP contribution in [-0.2, 0) is 14.4 Å². The lowest BCUT2D eigenvalue weighted by atomic mass is 9.92. The van der Waals surface area contributed by atoms with Crippen molar-refractivity contribution in [1.29, 1.82) is 0 Å². The number of carbonyl (C=O) groups is 3. The minimum atomic E-state index is -1.20. The number of nitrogens with zero attached hydrogens (tertiary/aromatic N) is 1. The van der Waals surface area contributed by atoms with Gasteiger partial charge in [0.1, 0.15) is 6.04 Å². The Morgan fingerprint density at radius 1 is 1.20 bits per heavy atom. The summed E-state index contributed by atoms with van der Waals surface area (Å²) in [6.07, 6.45) is 3.94. The van der Waals surface area contributed by atoms with Gasteiger partial charge in [0.05, 0.1) is 12.5 Å². The van der Waals surface area contributed by atoms with E-state index in [-0.39, 0.29) is 6.04 Å². The van der Waals surface area contributed by atoms with Crippen LogP contribution in [0.15, 0.2) is 0 Å². The van der Waals surface area contributed by atoms with Crippen molar-refractivity contribution < 1.29 is 24.6 Å². The number of nitrogens with two attached hydrogens (primary N) is 1. The van der Waals surface area contributed by atoms with Crippen LogP contribution in [0.2, 0.25) is 0 Å². The molecule has 1 fully saturated rings. The smallest absolute Gasteiger partial charge is 0.326 e. The van der Waals surface area contributed by atoms with E-state index in [9.17, 15) is 14.4 Å². The molecule has 0 heterocycles. The Morgan fingerprint density at radius 2 is 1.75 bits per heavy atom. The number of amides is 1. The van der Waals surface area contributed by atoms with Crippen LogP contribution in [-0.4, -0.2) is 51.1 Å². The fourth-order valence-corrected chi connectivity index (χ4v) is 2.63. The predicted octanol–water partition coefficient (Wildman–Crippen LogP) is 0.423. The summed E-state index contributed by atoms with van der Waals surface area (Å²) >= 11 is 0. The van der Waals surface area contributed by atoms with E-state index in [1.165, 1.54) is 11.8 Å². The summed E-state index contributed by atoms with van der Waals surface area (Å²) in [6, 6.07) is -2.36. The lowest BCUT2D eigenvalue weighted by Gasteiger charge is -2.38. The van der Waals surface area contributed by atoms with Crippen LogP contribution in [0.25, 0.3) is 0 Å². The van der Waals surface area contributed by atoms with Crippen molar-refractivity contribution in [3.63, 3.8) is 0 Å². The minimum absolute atomic E-state index is 0.165. The molecule has 20 heavy (non-hydrogen) atoms. The van der Waals surface area contributed by atoms with Gasteiger partial charge >= 0.3 is 11.9 Å². The molecule has 4 N–H and O–H groups in total. The molecule has 2 unspecified atom stereocenters. The van der Waals surface area contributed by atoms with Crippen LogP contribution in [0.4, 0.5) is 0 Å². The van der Waals surface area contributed by atoms with E-state index in [4.69, 9.17) is 15.9 Å². The molecule has 1 aliphatic rings. The van der Waals surface area contributed by atoms with Crippen molar-refractivity contribution in [2.45, 2.75) is 63.6 Å². The van der Waals surface area contributed by atoms with E-state index in [0.29, 0.717) is 0 Å². The molecule has 0 bridgehead atoms. The lowest BCUT2D eigenvalue weighted by molar-refractivity contribution is -0.153. The normalized spacial score (nSPS) is 19.1. The Morgan fingerprint density at radius 3 is 2.20 bits per heavy atom. The first-order valence-electron chi connectivity index (χ1n) is 6.87. The highest BCUT2D eigenvalue weighted by Gasteiger charge is 2.35. The monoisotopic (exact) mass is 286 g/mol. The summed E-state index contributed by atoms with van der Waals surface area (Å²) in [5.74, 6) is -2.86. The maximum Gasteiger partial charge on any atom is 0.326 e. The van der Waals surface area contributed by atoms with E-state index in [1.807, 2.05) is 0 Å². The lowest BCUT2D eigenvalue weighted by Crippen LogP contribution is -2.55. The third-order valence-electron chi connectivity index (χ3n) is 3.71. The summed E-state index contributed by atoms with van der Waals surface area (Å²) in [4.78, 5) is 35.4. The third kappa shape index (κ3) is 4.19. The summed E-state index contributed by atoms with van der Waals surface area (Å²) < 4.78 is 0. The molecule has 2 atom stereocenters. The molecule has 1 saturated carbocycles. The van der Waals surface area contributed by atoms with Gasteiger partial charge in [0.15, 0.2) is 0 Å². The Bertz CT molecular complexity index is 379. The molecular weight excluding hydrogens is 264 g/mol. The number of aliphatic carboxylic acids is 2. The first-order chi connectivity index (χ1) is 9.34. The molecular formula is C13H22N2O5. The van der Waals surface area contributed by atoms with Gasteiger partial charge in [-0.05, 0) is 19.8 Å². The minimum Gasteiger partial charge on any atom is -0.481 e. The van der Waals surface area contributed by atoms with E-state index >= 15 is 0 Å².